The van der Waals surface area contributed by atoms with E-state index < -0.39 is 0 Å². The van der Waals surface area contributed by atoms with Gasteiger partial charge in [-0.25, -0.2) is 0 Å². The molecular weight excluding hydrogens is 1150 g/mol. The van der Waals surface area contributed by atoms with E-state index in [1.54, 1.807) is 0 Å². The molecule has 16 aromatic rings. The summed E-state index contributed by atoms with van der Waals surface area (Å²) in [6.07, 6.45) is 0. The van der Waals surface area contributed by atoms with Crippen molar-refractivity contribution in [2.45, 2.75) is 105 Å². The third-order valence-electron chi connectivity index (χ3n) is 19.2. The monoisotopic (exact) mass is 1230 g/mol. The predicted molar refractivity (Wildman–Crippen MR) is 403 cm³/mol. The van der Waals surface area contributed by atoms with Gasteiger partial charge in [0, 0.05) is 107 Å². The van der Waals surface area contributed by atoms with Gasteiger partial charge in [-0.05, 0) is 188 Å². The first-order valence-corrected chi connectivity index (χ1v) is 34.1. The zero-order valence-electron chi connectivity index (χ0n) is 54.7. The van der Waals surface area contributed by atoms with Crippen molar-refractivity contribution in [3.8, 4) is 11.4 Å². The lowest BCUT2D eigenvalue weighted by molar-refractivity contribution is 0.567. The Morgan fingerprint density at radius 2 is 0.554 bits per heavy atom. The van der Waals surface area contributed by atoms with E-state index in [9.17, 15) is 0 Å². The summed E-state index contributed by atoms with van der Waals surface area (Å²) in [5.74, 6) is 0. The largest absolute Gasteiger partial charge is 0.310 e. The van der Waals surface area contributed by atoms with Gasteiger partial charge in [0.1, 0.15) is 0 Å². The highest BCUT2D eigenvalue weighted by Gasteiger charge is 2.27. The maximum absolute atomic E-state index is 2.49. The molecule has 0 saturated heterocycles. The fourth-order valence-corrected chi connectivity index (χ4v) is 16.5. The number of anilines is 6. The first-order valence-electron chi connectivity index (χ1n) is 32.5. The quantitative estimate of drug-likeness (QED) is 0.151. The van der Waals surface area contributed by atoms with Gasteiger partial charge in [-0.15, -0.1) is 22.7 Å². The van der Waals surface area contributed by atoms with Crippen molar-refractivity contribution in [2.75, 3.05) is 9.80 Å². The second-order valence-corrected chi connectivity index (χ2v) is 31.7. The Morgan fingerprint density at radius 3 is 0.924 bits per heavy atom. The van der Waals surface area contributed by atoms with E-state index in [0.717, 1.165) is 34.1 Å². The molecule has 12 aromatic carbocycles. The van der Waals surface area contributed by atoms with Gasteiger partial charge in [0.05, 0.1) is 22.1 Å². The van der Waals surface area contributed by atoms with Crippen LogP contribution in [-0.4, -0.2) is 9.13 Å². The third-order valence-corrected chi connectivity index (χ3v) is 21.5. The van der Waals surface area contributed by atoms with E-state index >= 15 is 0 Å². The molecule has 4 heterocycles. The fraction of sp³-hybridized carbons (Fsp3) is 0.186. The molecule has 0 atom stereocenters. The Labute approximate surface area is 547 Å². The number of nitrogens with zero attached hydrogens (tertiary/aromatic N) is 4. The highest BCUT2D eigenvalue weighted by Crippen LogP contribution is 2.49. The van der Waals surface area contributed by atoms with Crippen molar-refractivity contribution in [3.05, 3.63) is 265 Å². The number of hydrogen-bond donors (Lipinski definition) is 0. The molecule has 0 bridgehead atoms. The van der Waals surface area contributed by atoms with E-state index in [1.165, 1.54) is 128 Å². The van der Waals surface area contributed by atoms with Crippen molar-refractivity contribution in [1.29, 1.82) is 0 Å². The molecule has 452 valence electrons. The van der Waals surface area contributed by atoms with Crippen LogP contribution in [0.1, 0.15) is 105 Å². The van der Waals surface area contributed by atoms with E-state index in [2.05, 4.69) is 345 Å². The number of hydrogen-bond acceptors (Lipinski definition) is 4. The summed E-state index contributed by atoms with van der Waals surface area (Å²) in [4.78, 5) is 4.87. The second kappa shape index (κ2) is 21.0. The van der Waals surface area contributed by atoms with Crippen LogP contribution in [0.3, 0.4) is 0 Å². The van der Waals surface area contributed by atoms with Gasteiger partial charge in [0.2, 0.25) is 0 Å². The molecule has 6 heteroatoms. The Morgan fingerprint density at radius 1 is 0.239 bits per heavy atom. The normalized spacial score (nSPS) is 12.8. The van der Waals surface area contributed by atoms with Crippen molar-refractivity contribution < 1.29 is 0 Å². The lowest BCUT2D eigenvalue weighted by Crippen LogP contribution is -2.17. The predicted octanol–water partition coefficient (Wildman–Crippen LogP) is 25.9. The van der Waals surface area contributed by atoms with Crippen LogP contribution in [-0.2, 0) is 21.7 Å². The molecule has 4 nitrogen and oxygen atoms in total. The summed E-state index contributed by atoms with van der Waals surface area (Å²) in [5.41, 5.74) is 19.3. The van der Waals surface area contributed by atoms with Gasteiger partial charge >= 0.3 is 0 Å². The molecule has 0 aliphatic heterocycles. The van der Waals surface area contributed by atoms with Crippen LogP contribution in [0.2, 0.25) is 0 Å². The van der Waals surface area contributed by atoms with Crippen LogP contribution < -0.4 is 9.80 Å². The maximum atomic E-state index is 2.49. The van der Waals surface area contributed by atoms with Gasteiger partial charge in [0.25, 0.3) is 0 Å². The molecule has 0 unspecified atom stereocenters. The van der Waals surface area contributed by atoms with Gasteiger partial charge in [-0.3, -0.25) is 0 Å². The summed E-state index contributed by atoms with van der Waals surface area (Å²) in [6, 6.07) is 92.0. The smallest absolute Gasteiger partial charge is 0.0542 e. The summed E-state index contributed by atoms with van der Waals surface area (Å²) >= 11 is 3.78. The van der Waals surface area contributed by atoms with Crippen molar-refractivity contribution in [1.82, 2.24) is 9.13 Å². The Hall–Kier alpha value is -9.46. The molecule has 4 aromatic heterocycles. The molecule has 0 N–H and O–H groups in total. The van der Waals surface area contributed by atoms with Gasteiger partial charge in [-0.2, -0.15) is 0 Å². The molecule has 0 spiro atoms. The number of thiophene rings is 2. The number of para-hydroxylation sites is 4. The van der Waals surface area contributed by atoms with Crippen molar-refractivity contribution in [3.63, 3.8) is 0 Å². The lowest BCUT2D eigenvalue weighted by Gasteiger charge is -2.27. The van der Waals surface area contributed by atoms with E-state index in [4.69, 9.17) is 0 Å². The molecule has 0 aliphatic carbocycles. The van der Waals surface area contributed by atoms with E-state index in [0.29, 0.717) is 0 Å². The van der Waals surface area contributed by atoms with E-state index in [1.807, 2.05) is 22.7 Å². The average Bonchev–Trinajstić information content (AvgIpc) is 1.57. The Balaban J connectivity index is 0.793. The van der Waals surface area contributed by atoms with Crippen molar-refractivity contribution >= 4 is 152 Å². The molecule has 92 heavy (non-hydrogen) atoms. The van der Waals surface area contributed by atoms with Crippen LogP contribution in [0, 0.1) is 0 Å². The van der Waals surface area contributed by atoms with E-state index in [-0.39, 0.29) is 21.7 Å². The minimum Gasteiger partial charge on any atom is -0.310 e. The SMILES string of the molecule is CC(C)(C)c1cc(-n2c3ccccc3c3cc(N(c4ccccc4)c4ccc5c(c4)sc4ccc6c(ccc7sc8cc(N(c9ccccc9)c9ccc%10c(c9)c9ccccc9n%10-c9cc(C(C)(C)C)cc(C(C)(C)C)c9)ccc8c76)c45)ccc32)cc(C(C)(C)C)c1. The number of benzene rings is 12. The highest BCUT2D eigenvalue weighted by atomic mass is 32.1. The first-order chi connectivity index (χ1) is 44.1. The lowest BCUT2D eigenvalue weighted by atomic mass is 9.80. The second-order valence-electron chi connectivity index (χ2n) is 29.5. The first kappa shape index (κ1) is 57.7. The summed E-state index contributed by atoms with van der Waals surface area (Å²) in [6.45, 7) is 27.9. The van der Waals surface area contributed by atoms with Crippen LogP contribution in [0.5, 0.6) is 0 Å². The molecular formula is C86H76N4S2. The fourth-order valence-electron chi connectivity index (χ4n) is 14.2. The highest BCUT2D eigenvalue weighted by molar-refractivity contribution is 7.26. The third kappa shape index (κ3) is 9.59. The molecule has 0 saturated carbocycles. The molecule has 0 fully saturated rings. The topological polar surface area (TPSA) is 16.3 Å². The van der Waals surface area contributed by atoms with Gasteiger partial charge in [0.15, 0.2) is 0 Å². The number of aromatic nitrogens is 2. The van der Waals surface area contributed by atoms with Gasteiger partial charge < -0.3 is 18.9 Å². The zero-order valence-corrected chi connectivity index (χ0v) is 56.3. The zero-order chi connectivity index (χ0) is 63.3. The van der Waals surface area contributed by atoms with Crippen molar-refractivity contribution in [2.24, 2.45) is 0 Å². The van der Waals surface area contributed by atoms with Crippen LogP contribution in [0.25, 0.3) is 106 Å². The van der Waals surface area contributed by atoms with Crippen LogP contribution >= 0.6 is 22.7 Å². The standard InChI is InChI=1S/C86H76N4S2/c1-83(2,3)53-43-54(84(4,5)6)46-63(45-53)89-73-29-21-19-27-65(73)71-49-59(33-39-75(71)89)87(57-23-15-13-16-24-57)61-31-35-69-79(51-61)91-77-41-37-68-67(81(69)77)38-42-78-82(68)70-36-32-62(52-80(70)92-78)88(58-25-17-14-18-26-58)60-34-40-76-72(50-60)66-28-20-22-30-74(66)90(76)64-47-55(85(7,8)9)44-56(48-64)86(10,11)12/h13-52H,1-12H3. The molecule has 0 radical (unpaired) electrons. The average molecular weight is 1230 g/mol. The Bertz CT molecular complexity index is 5210. The Kier molecular flexibility index (Phi) is 13.2. The number of rotatable bonds is 8. The molecule has 16 rings (SSSR count). The van der Waals surface area contributed by atoms with Crippen LogP contribution in [0.15, 0.2) is 243 Å². The molecule has 0 amide bonds. The summed E-state index contributed by atoms with van der Waals surface area (Å²) in [7, 11) is 0. The number of fused-ring (bicyclic) bond motifs is 15. The minimum absolute atomic E-state index is 0.00607. The molecule has 0 aliphatic rings. The minimum atomic E-state index is -0.00607. The maximum Gasteiger partial charge on any atom is 0.0542 e. The van der Waals surface area contributed by atoms with Crippen LogP contribution in [0.4, 0.5) is 34.1 Å². The van der Waals surface area contributed by atoms with Gasteiger partial charge in [-0.1, -0.05) is 192 Å². The summed E-state index contributed by atoms with van der Waals surface area (Å²) < 4.78 is 10.1. The summed E-state index contributed by atoms with van der Waals surface area (Å²) in [5, 5.41) is 12.7.